The Morgan fingerprint density at radius 1 is 0.654 bits per heavy atom. The molecule has 2 aliphatic rings. The molecular weight excluding hydrogens is 324 g/mol. The van der Waals surface area contributed by atoms with Gasteiger partial charge < -0.3 is 0 Å². The summed E-state index contributed by atoms with van der Waals surface area (Å²) in [6.45, 7) is 4.15. The first-order valence-electron chi connectivity index (χ1n) is 9.39. The first-order chi connectivity index (χ1) is 12.9. The maximum Gasteiger partial charge on any atom is 0.0894 e. The Labute approximate surface area is 154 Å². The zero-order valence-corrected chi connectivity index (χ0v) is 15.0. The molecule has 0 aliphatic carbocycles. The molecule has 2 saturated heterocycles. The van der Waals surface area contributed by atoms with Gasteiger partial charge in [0.1, 0.15) is 0 Å². The summed E-state index contributed by atoms with van der Waals surface area (Å²) in [4.78, 5) is 9.38. The first kappa shape index (κ1) is 16.7. The third-order valence-corrected chi connectivity index (χ3v) is 4.68. The monoisotopic (exact) mass is 348 g/mol. The lowest BCUT2D eigenvalue weighted by Crippen LogP contribution is -2.11. The minimum atomic E-state index is 0.854. The second-order valence-corrected chi connectivity index (χ2v) is 6.71. The van der Waals surface area contributed by atoms with E-state index in [1.807, 2.05) is 48.8 Å². The quantitative estimate of drug-likeness (QED) is 0.780. The second-order valence-electron chi connectivity index (χ2n) is 6.71. The third kappa shape index (κ3) is 4.25. The molecule has 0 radical (unpaired) electrons. The van der Waals surface area contributed by atoms with Crippen molar-refractivity contribution in [3.05, 3.63) is 47.8 Å². The molecule has 134 valence electrons. The van der Waals surface area contributed by atoms with Crippen molar-refractivity contribution in [2.24, 2.45) is 10.2 Å². The predicted octanol–water partition coefficient (Wildman–Crippen LogP) is 3.00. The molecule has 0 unspecified atom stereocenters. The van der Waals surface area contributed by atoms with Crippen LogP contribution in [0.2, 0.25) is 0 Å². The summed E-state index contributed by atoms with van der Waals surface area (Å²) < 4.78 is 0. The molecule has 0 spiro atoms. The van der Waals surface area contributed by atoms with Gasteiger partial charge in [-0.15, -0.1) is 0 Å². The fourth-order valence-electron chi connectivity index (χ4n) is 3.25. The second kappa shape index (κ2) is 8.08. The van der Waals surface area contributed by atoms with Gasteiger partial charge >= 0.3 is 0 Å². The summed E-state index contributed by atoms with van der Waals surface area (Å²) in [5.74, 6) is 0. The fourth-order valence-corrected chi connectivity index (χ4v) is 3.25. The van der Waals surface area contributed by atoms with Crippen LogP contribution in [-0.4, -0.2) is 58.6 Å². The van der Waals surface area contributed by atoms with Crippen LogP contribution < -0.4 is 0 Å². The van der Waals surface area contributed by atoms with Gasteiger partial charge in [-0.2, -0.15) is 10.2 Å². The van der Waals surface area contributed by atoms with Gasteiger partial charge in [0.25, 0.3) is 0 Å². The van der Waals surface area contributed by atoms with E-state index in [2.05, 4.69) is 30.2 Å². The highest BCUT2D eigenvalue weighted by atomic mass is 15.5. The van der Waals surface area contributed by atoms with Gasteiger partial charge in [0.15, 0.2) is 0 Å². The molecule has 4 heterocycles. The van der Waals surface area contributed by atoms with Crippen molar-refractivity contribution >= 4 is 12.4 Å². The van der Waals surface area contributed by atoms with Crippen LogP contribution in [0.4, 0.5) is 0 Å². The molecule has 2 aliphatic heterocycles. The number of hydrogen-bond acceptors (Lipinski definition) is 6. The Morgan fingerprint density at radius 3 is 1.50 bits per heavy atom. The van der Waals surface area contributed by atoms with Crippen molar-refractivity contribution in [3.8, 4) is 11.4 Å². The largest absolute Gasteiger partial charge is 0.297 e. The number of hydrogen-bond donors (Lipinski definition) is 0. The Bertz CT molecular complexity index is 721. The van der Waals surface area contributed by atoms with Crippen molar-refractivity contribution in [1.29, 1.82) is 0 Å². The van der Waals surface area contributed by atoms with Gasteiger partial charge in [0.2, 0.25) is 0 Å². The summed E-state index contributed by atoms with van der Waals surface area (Å²) in [6, 6.07) is 11.9. The summed E-state index contributed by atoms with van der Waals surface area (Å²) in [5.41, 5.74) is 3.42. The number of nitrogens with zero attached hydrogens (tertiary/aromatic N) is 6. The van der Waals surface area contributed by atoms with Crippen LogP contribution in [0.1, 0.15) is 37.1 Å². The summed E-state index contributed by atoms with van der Waals surface area (Å²) in [6.07, 6.45) is 8.57. The number of rotatable bonds is 5. The molecule has 2 aromatic rings. The first-order valence-corrected chi connectivity index (χ1v) is 9.39. The molecule has 4 rings (SSSR count). The normalized spacial score (nSPS) is 17.8. The van der Waals surface area contributed by atoms with Crippen LogP contribution in [0.25, 0.3) is 11.4 Å². The van der Waals surface area contributed by atoms with E-state index in [-0.39, 0.29) is 0 Å². The number of pyridine rings is 2. The minimum Gasteiger partial charge on any atom is -0.297 e. The Kier molecular flexibility index (Phi) is 5.19. The lowest BCUT2D eigenvalue weighted by atomic mass is 10.2. The van der Waals surface area contributed by atoms with Crippen molar-refractivity contribution in [1.82, 2.24) is 20.0 Å². The highest BCUT2D eigenvalue weighted by Gasteiger charge is 2.09. The van der Waals surface area contributed by atoms with Crippen LogP contribution in [-0.2, 0) is 0 Å². The molecule has 0 bridgehead atoms. The van der Waals surface area contributed by atoms with E-state index in [0.717, 1.165) is 49.0 Å². The molecule has 0 aromatic carbocycles. The van der Waals surface area contributed by atoms with Crippen molar-refractivity contribution in [2.45, 2.75) is 25.7 Å². The lowest BCUT2D eigenvalue weighted by molar-refractivity contribution is 0.362. The minimum absolute atomic E-state index is 0.854. The summed E-state index contributed by atoms with van der Waals surface area (Å²) in [7, 11) is 0. The molecule has 0 atom stereocenters. The van der Waals surface area contributed by atoms with Gasteiger partial charge in [-0.1, -0.05) is 12.1 Å². The molecule has 0 N–H and O–H groups in total. The predicted molar refractivity (Wildman–Crippen MR) is 104 cm³/mol. The smallest absolute Gasteiger partial charge is 0.0894 e. The number of hydrazone groups is 2. The van der Waals surface area contributed by atoms with E-state index in [4.69, 9.17) is 0 Å². The van der Waals surface area contributed by atoms with Gasteiger partial charge in [-0.25, -0.2) is 9.97 Å². The molecule has 2 fully saturated rings. The van der Waals surface area contributed by atoms with Crippen LogP contribution in [0, 0.1) is 0 Å². The van der Waals surface area contributed by atoms with Crippen LogP contribution in [0.15, 0.2) is 46.6 Å². The van der Waals surface area contributed by atoms with E-state index < -0.39 is 0 Å². The average Bonchev–Trinajstić information content (AvgIpc) is 3.39. The van der Waals surface area contributed by atoms with Crippen LogP contribution in [0.3, 0.4) is 0 Å². The van der Waals surface area contributed by atoms with Gasteiger partial charge in [0.05, 0.1) is 35.2 Å². The average molecular weight is 348 g/mol. The third-order valence-electron chi connectivity index (χ3n) is 4.68. The van der Waals surface area contributed by atoms with Gasteiger partial charge in [-0.05, 0) is 49.9 Å². The van der Waals surface area contributed by atoms with Gasteiger partial charge in [0, 0.05) is 26.2 Å². The van der Waals surface area contributed by atoms with Crippen LogP contribution in [0.5, 0.6) is 0 Å². The maximum atomic E-state index is 4.69. The molecule has 6 heteroatoms. The summed E-state index contributed by atoms with van der Waals surface area (Å²) in [5, 5.41) is 13.2. The van der Waals surface area contributed by atoms with E-state index in [0.29, 0.717) is 0 Å². The zero-order chi connectivity index (χ0) is 17.6. The van der Waals surface area contributed by atoms with Crippen molar-refractivity contribution in [2.75, 3.05) is 26.2 Å². The molecular formula is C20H24N6. The molecule has 2 aromatic heterocycles. The number of aromatic nitrogens is 2. The Hall–Kier alpha value is -2.76. The molecule has 6 nitrogen and oxygen atoms in total. The fraction of sp³-hybridized carbons (Fsp3) is 0.400. The highest BCUT2D eigenvalue weighted by molar-refractivity contribution is 5.79. The molecule has 0 saturated carbocycles. The van der Waals surface area contributed by atoms with Crippen LogP contribution >= 0.6 is 0 Å². The molecule has 26 heavy (non-hydrogen) atoms. The molecule has 0 amide bonds. The highest BCUT2D eigenvalue weighted by Crippen LogP contribution is 2.15. The topological polar surface area (TPSA) is 57.0 Å². The van der Waals surface area contributed by atoms with Gasteiger partial charge in [-0.3, -0.25) is 10.0 Å². The summed E-state index contributed by atoms with van der Waals surface area (Å²) >= 11 is 0. The maximum absolute atomic E-state index is 4.69. The lowest BCUT2D eigenvalue weighted by Gasteiger charge is -2.09. The standard InChI is InChI=1S/C20H24N6/c1-2-12-25(11-1)21-15-17-7-5-9-19(23-17)20-10-6-8-18(24-20)16-22-26-13-3-4-14-26/h5-10,15-16H,1-4,11-14H2. The Balaban J connectivity index is 1.49. The van der Waals surface area contributed by atoms with E-state index in [9.17, 15) is 0 Å². The SMILES string of the molecule is C(=NN1CCCC1)c1cccc(-c2cccc(C=NN3CCCC3)n2)n1. The van der Waals surface area contributed by atoms with E-state index in [1.54, 1.807) is 0 Å². The van der Waals surface area contributed by atoms with E-state index in [1.165, 1.54) is 25.7 Å². The Morgan fingerprint density at radius 2 is 1.08 bits per heavy atom. The van der Waals surface area contributed by atoms with Crippen molar-refractivity contribution < 1.29 is 0 Å². The van der Waals surface area contributed by atoms with Crippen molar-refractivity contribution in [3.63, 3.8) is 0 Å². The van der Waals surface area contributed by atoms with E-state index >= 15 is 0 Å². The zero-order valence-electron chi connectivity index (χ0n) is 15.0.